The quantitative estimate of drug-likeness (QED) is 0.442. The number of unbranched alkanes of at least 4 members (excludes halogenated alkanes) is 2. The van der Waals surface area contributed by atoms with E-state index in [2.05, 4.69) is 27.7 Å². The zero-order valence-electron chi connectivity index (χ0n) is 12.0. The summed E-state index contributed by atoms with van der Waals surface area (Å²) < 4.78 is 0. The number of hydrogen-bond acceptors (Lipinski definition) is 0. The Morgan fingerprint density at radius 1 is 1.06 bits per heavy atom. The van der Waals surface area contributed by atoms with Crippen molar-refractivity contribution in [3.8, 4) is 0 Å². The fourth-order valence-electron chi connectivity index (χ4n) is 3.58. The van der Waals surface area contributed by atoms with Gasteiger partial charge in [-0.1, -0.05) is 78.4 Å². The molecule has 4 unspecified atom stereocenters. The average molecular weight is 222 g/mol. The summed E-state index contributed by atoms with van der Waals surface area (Å²) in [7, 11) is 1.51. The first-order chi connectivity index (χ1) is 7.69. The monoisotopic (exact) mass is 222 g/mol. The molecule has 1 saturated carbocycles. The Kier molecular flexibility index (Phi) is 6.54. The molecule has 0 spiro atoms. The van der Waals surface area contributed by atoms with Crippen molar-refractivity contribution in [1.82, 2.24) is 0 Å². The Morgan fingerprint density at radius 2 is 1.81 bits per heavy atom. The van der Waals surface area contributed by atoms with E-state index in [1.54, 1.807) is 0 Å². The molecular weight excluding hydrogens is 191 g/mol. The third-order valence-corrected chi connectivity index (χ3v) is 4.97. The number of rotatable bonds is 6. The Morgan fingerprint density at radius 3 is 2.44 bits per heavy atom. The van der Waals surface area contributed by atoms with Gasteiger partial charge in [0.25, 0.3) is 0 Å². The van der Waals surface area contributed by atoms with Crippen LogP contribution >= 0.6 is 0 Å². The molecule has 0 aromatic heterocycles. The molecule has 1 fully saturated rings. The lowest BCUT2D eigenvalue weighted by molar-refractivity contribution is 0.177. The highest BCUT2D eigenvalue weighted by Gasteiger charge is 2.31. The molecule has 1 rings (SSSR count). The lowest BCUT2D eigenvalue weighted by Crippen LogP contribution is -2.28. The summed E-state index contributed by atoms with van der Waals surface area (Å²) in [5.74, 6) is 4.00. The third-order valence-electron chi connectivity index (χ3n) is 4.97. The first-order valence-corrected chi connectivity index (χ1v) is 7.69. The summed E-state index contributed by atoms with van der Waals surface area (Å²) in [6.45, 7) is 9.64. The highest BCUT2D eigenvalue weighted by molar-refractivity contribution is 6.37. The minimum atomic E-state index is 0.967. The van der Waals surface area contributed by atoms with Crippen LogP contribution in [0.3, 0.4) is 0 Å². The molecular formula is C15H31B. The van der Waals surface area contributed by atoms with Crippen LogP contribution < -0.4 is 0 Å². The molecule has 1 aliphatic rings. The zero-order valence-corrected chi connectivity index (χ0v) is 12.0. The molecule has 0 nitrogen and oxygen atoms in total. The number of hydrogen-bond donors (Lipinski definition) is 0. The summed E-state index contributed by atoms with van der Waals surface area (Å²) in [6, 6.07) is 0. The van der Waals surface area contributed by atoms with Crippen molar-refractivity contribution in [3.63, 3.8) is 0 Å². The lowest BCUT2D eigenvalue weighted by atomic mass is 9.51. The van der Waals surface area contributed by atoms with Crippen molar-refractivity contribution < 1.29 is 0 Å². The van der Waals surface area contributed by atoms with Crippen molar-refractivity contribution in [2.24, 2.45) is 17.8 Å². The highest BCUT2D eigenvalue weighted by Crippen LogP contribution is 2.42. The minimum absolute atomic E-state index is 0.967. The molecule has 0 amide bonds. The Hall–Kier alpha value is 0.0649. The van der Waals surface area contributed by atoms with Gasteiger partial charge in [-0.3, -0.25) is 0 Å². The molecule has 0 N–H and O–H groups in total. The average Bonchev–Trinajstić information content (AvgIpc) is 2.29. The van der Waals surface area contributed by atoms with Crippen molar-refractivity contribution in [2.75, 3.05) is 0 Å². The van der Waals surface area contributed by atoms with E-state index >= 15 is 0 Å². The molecule has 1 aliphatic carbocycles. The van der Waals surface area contributed by atoms with E-state index in [1.165, 1.54) is 52.1 Å². The lowest BCUT2D eigenvalue weighted by Gasteiger charge is -2.38. The maximum atomic E-state index is 2.48. The van der Waals surface area contributed by atoms with E-state index < -0.39 is 0 Å². The van der Waals surface area contributed by atoms with Crippen LogP contribution in [-0.2, 0) is 0 Å². The van der Waals surface area contributed by atoms with E-state index in [1.807, 2.05) is 0 Å². The van der Waals surface area contributed by atoms with Crippen LogP contribution in [-0.4, -0.2) is 7.28 Å². The molecule has 1 heteroatoms. The summed E-state index contributed by atoms with van der Waals surface area (Å²) in [4.78, 5) is 0. The second kappa shape index (κ2) is 7.40. The molecule has 0 saturated heterocycles. The Balaban J connectivity index is 2.27. The van der Waals surface area contributed by atoms with Gasteiger partial charge >= 0.3 is 0 Å². The van der Waals surface area contributed by atoms with Crippen LogP contribution in [0.2, 0.25) is 12.1 Å². The van der Waals surface area contributed by atoms with Gasteiger partial charge in [-0.25, -0.2) is 0 Å². The van der Waals surface area contributed by atoms with Gasteiger partial charge in [0.15, 0.2) is 0 Å². The second-order valence-corrected chi connectivity index (χ2v) is 6.19. The fraction of sp³-hybridized carbons (Fsp3) is 1.00. The molecule has 0 aromatic carbocycles. The molecule has 94 valence electrons. The first-order valence-electron chi connectivity index (χ1n) is 7.69. The van der Waals surface area contributed by atoms with Crippen LogP contribution in [0.25, 0.3) is 0 Å². The van der Waals surface area contributed by atoms with Gasteiger partial charge in [-0.2, -0.15) is 0 Å². The third kappa shape index (κ3) is 4.15. The Labute approximate surface area is 104 Å². The van der Waals surface area contributed by atoms with Gasteiger partial charge in [0.2, 0.25) is 0 Å². The van der Waals surface area contributed by atoms with Crippen LogP contribution in [0.5, 0.6) is 0 Å². The molecule has 0 radical (unpaired) electrons. The maximum absolute atomic E-state index is 2.48. The van der Waals surface area contributed by atoms with Crippen LogP contribution in [0.15, 0.2) is 0 Å². The van der Waals surface area contributed by atoms with E-state index in [0.29, 0.717) is 0 Å². The predicted molar refractivity (Wildman–Crippen MR) is 76.6 cm³/mol. The standard InChI is InChI=1S/C15H31B/c1-5-7-8-9-16-15-10-12(3)13(4)14(6-2)11-15/h12-16H,5-11H2,1-4H3. The summed E-state index contributed by atoms with van der Waals surface area (Å²) in [5, 5.41) is 0. The van der Waals surface area contributed by atoms with Crippen molar-refractivity contribution in [1.29, 1.82) is 0 Å². The molecule has 0 aromatic rings. The molecule has 0 bridgehead atoms. The minimum Gasteiger partial charge on any atom is -0.0772 e. The second-order valence-electron chi connectivity index (χ2n) is 6.19. The summed E-state index contributed by atoms with van der Waals surface area (Å²) >= 11 is 0. The van der Waals surface area contributed by atoms with Gasteiger partial charge in [0, 0.05) is 0 Å². The fourth-order valence-corrected chi connectivity index (χ4v) is 3.58. The molecule has 16 heavy (non-hydrogen) atoms. The van der Waals surface area contributed by atoms with Crippen molar-refractivity contribution in [2.45, 2.75) is 78.4 Å². The van der Waals surface area contributed by atoms with Crippen molar-refractivity contribution >= 4 is 7.28 Å². The van der Waals surface area contributed by atoms with Gasteiger partial charge < -0.3 is 0 Å². The van der Waals surface area contributed by atoms with Crippen molar-refractivity contribution in [3.05, 3.63) is 0 Å². The summed E-state index contributed by atoms with van der Waals surface area (Å²) in [5.41, 5.74) is 0. The van der Waals surface area contributed by atoms with E-state index in [4.69, 9.17) is 0 Å². The SMILES string of the molecule is CCCCCBC1CC(C)C(C)C(CC)C1. The van der Waals surface area contributed by atoms with E-state index in [-0.39, 0.29) is 0 Å². The molecule has 0 heterocycles. The molecule has 0 aliphatic heterocycles. The van der Waals surface area contributed by atoms with Gasteiger partial charge in [-0.15, -0.1) is 0 Å². The van der Waals surface area contributed by atoms with E-state index in [9.17, 15) is 0 Å². The maximum Gasteiger partial charge on any atom is 0.124 e. The van der Waals surface area contributed by atoms with Gasteiger partial charge in [-0.05, 0) is 17.8 Å². The Bertz CT molecular complexity index is 178. The smallest absolute Gasteiger partial charge is 0.0772 e. The molecule has 4 atom stereocenters. The zero-order chi connectivity index (χ0) is 12.0. The van der Waals surface area contributed by atoms with Crippen LogP contribution in [0, 0.1) is 17.8 Å². The van der Waals surface area contributed by atoms with E-state index in [0.717, 1.165) is 23.6 Å². The van der Waals surface area contributed by atoms with Crippen LogP contribution in [0.1, 0.15) is 66.2 Å². The predicted octanol–water partition coefficient (Wildman–Crippen LogP) is 4.91. The topological polar surface area (TPSA) is 0 Å². The van der Waals surface area contributed by atoms with Gasteiger partial charge in [0.05, 0.1) is 0 Å². The normalized spacial score (nSPS) is 35.0. The highest BCUT2D eigenvalue weighted by atomic mass is 14.3. The summed E-state index contributed by atoms with van der Waals surface area (Å²) in [6.07, 6.45) is 10.2. The van der Waals surface area contributed by atoms with Gasteiger partial charge in [0.1, 0.15) is 7.28 Å². The van der Waals surface area contributed by atoms with Crippen LogP contribution in [0.4, 0.5) is 0 Å². The largest absolute Gasteiger partial charge is 0.124 e. The first kappa shape index (κ1) is 14.1.